The van der Waals surface area contributed by atoms with Gasteiger partial charge in [0.1, 0.15) is 11.5 Å². The monoisotopic (exact) mass is 411 g/mol. The van der Waals surface area contributed by atoms with Crippen molar-refractivity contribution in [1.82, 2.24) is 0 Å². The fourth-order valence-electron chi connectivity index (χ4n) is 2.98. The maximum Gasteiger partial charge on any atom is 0.416 e. The van der Waals surface area contributed by atoms with Gasteiger partial charge < -0.3 is 9.15 Å². The van der Waals surface area contributed by atoms with E-state index in [1.807, 2.05) is 31.2 Å². The number of carbonyl (C=O) groups excluding carboxylic acids is 1. The standard InChI is InChI=1S/C23H16F3NO3/c1-2-14-6-8-15(9-7-14)21-27-19(22(28)30-21)13-18-10-11-20(29-18)16-4-3-5-17(12-16)23(24,25)26/h3-13H,2H2,1H3/b19-13+. The first-order chi connectivity index (χ1) is 14.3. The molecule has 0 N–H and O–H groups in total. The van der Waals surface area contributed by atoms with Gasteiger partial charge in [-0.2, -0.15) is 13.2 Å². The van der Waals surface area contributed by atoms with Crippen molar-refractivity contribution < 1.29 is 27.1 Å². The second-order valence-corrected chi connectivity index (χ2v) is 6.67. The number of benzene rings is 2. The average molecular weight is 411 g/mol. The summed E-state index contributed by atoms with van der Waals surface area (Å²) in [6.45, 7) is 2.04. The maximum atomic E-state index is 12.9. The number of furan rings is 1. The van der Waals surface area contributed by atoms with Crippen LogP contribution in [0.15, 0.2) is 75.8 Å². The largest absolute Gasteiger partial charge is 0.457 e. The van der Waals surface area contributed by atoms with Crippen molar-refractivity contribution in [2.75, 3.05) is 0 Å². The third-order valence-corrected chi connectivity index (χ3v) is 4.61. The summed E-state index contributed by atoms with van der Waals surface area (Å²) in [5.41, 5.74) is 1.39. The highest BCUT2D eigenvalue weighted by molar-refractivity contribution is 6.12. The van der Waals surface area contributed by atoms with Crippen molar-refractivity contribution >= 4 is 17.9 Å². The fourth-order valence-corrected chi connectivity index (χ4v) is 2.98. The Kier molecular flexibility index (Phi) is 5.03. The van der Waals surface area contributed by atoms with Crippen molar-refractivity contribution in [2.24, 2.45) is 4.99 Å². The highest BCUT2D eigenvalue weighted by atomic mass is 19.4. The quantitative estimate of drug-likeness (QED) is 0.398. The first-order valence-corrected chi connectivity index (χ1v) is 9.23. The zero-order chi connectivity index (χ0) is 21.3. The number of nitrogens with zero attached hydrogens (tertiary/aromatic N) is 1. The van der Waals surface area contributed by atoms with E-state index in [9.17, 15) is 18.0 Å². The molecule has 4 nitrogen and oxygen atoms in total. The minimum atomic E-state index is -4.44. The Morgan fingerprint density at radius 2 is 1.77 bits per heavy atom. The highest BCUT2D eigenvalue weighted by Crippen LogP contribution is 2.33. The molecule has 2 aromatic carbocycles. The van der Waals surface area contributed by atoms with Gasteiger partial charge in [0.15, 0.2) is 5.70 Å². The Morgan fingerprint density at radius 3 is 2.47 bits per heavy atom. The van der Waals surface area contributed by atoms with Gasteiger partial charge in [0.05, 0.1) is 5.56 Å². The van der Waals surface area contributed by atoms with Crippen LogP contribution in [-0.4, -0.2) is 11.9 Å². The number of aliphatic imine (C=N–C) groups is 1. The van der Waals surface area contributed by atoms with Gasteiger partial charge in [0, 0.05) is 17.2 Å². The van der Waals surface area contributed by atoms with Gasteiger partial charge >= 0.3 is 12.1 Å². The van der Waals surface area contributed by atoms with E-state index in [1.165, 1.54) is 24.3 Å². The summed E-state index contributed by atoms with van der Waals surface area (Å²) in [5, 5.41) is 0. The van der Waals surface area contributed by atoms with Gasteiger partial charge in [-0.3, -0.25) is 0 Å². The predicted molar refractivity (Wildman–Crippen MR) is 106 cm³/mol. The first-order valence-electron chi connectivity index (χ1n) is 9.23. The van der Waals surface area contributed by atoms with E-state index in [0.29, 0.717) is 5.56 Å². The molecule has 0 saturated carbocycles. The molecule has 3 aromatic rings. The van der Waals surface area contributed by atoms with Gasteiger partial charge in [0.25, 0.3) is 0 Å². The zero-order valence-electron chi connectivity index (χ0n) is 15.9. The van der Waals surface area contributed by atoms with Crippen molar-refractivity contribution in [1.29, 1.82) is 0 Å². The van der Waals surface area contributed by atoms with E-state index in [-0.39, 0.29) is 28.7 Å². The topological polar surface area (TPSA) is 51.8 Å². The molecule has 1 aliphatic rings. The minimum absolute atomic E-state index is 0.0505. The number of ether oxygens (including phenoxy) is 1. The zero-order valence-corrected chi connectivity index (χ0v) is 15.9. The Morgan fingerprint density at radius 1 is 1.00 bits per heavy atom. The van der Waals surface area contributed by atoms with Crippen LogP contribution in [0.1, 0.15) is 29.4 Å². The molecule has 0 unspecified atom stereocenters. The van der Waals surface area contributed by atoms with Crippen LogP contribution in [0.3, 0.4) is 0 Å². The second kappa shape index (κ2) is 7.67. The molecule has 7 heteroatoms. The van der Waals surface area contributed by atoms with Crippen LogP contribution in [0.5, 0.6) is 0 Å². The highest BCUT2D eigenvalue weighted by Gasteiger charge is 2.30. The molecule has 0 aliphatic carbocycles. The van der Waals surface area contributed by atoms with Crippen molar-refractivity contribution in [3.63, 3.8) is 0 Å². The van der Waals surface area contributed by atoms with Crippen LogP contribution in [0.2, 0.25) is 0 Å². The molecule has 0 fully saturated rings. The number of alkyl halides is 3. The van der Waals surface area contributed by atoms with E-state index in [4.69, 9.17) is 9.15 Å². The minimum Gasteiger partial charge on any atom is -0.457 e. The normalized spacial score (nSPS) is 15.4. The summed E-state index contributed by atoms with van der Waals surface area (Å²) in [6.07, 6.45) is -2.15. The summed E-state index contributed by atoms with van der Waals surface area (Å²) in [4.78, 5) is 16.4. The molecular weight excluding hydrogens is 395 g/mol. The summed E-state index contributed by atoms with van der Waals surface area (Å²) in [6, 6.07) is 15.4. The van der Waals surface area contributed by atoms with E-state index >= 15 is 0 Å². The number of rotatable bonds is 4. The average Bonchev–Trinajstić information content (AvgIpc) is 3.35. The molecule has 0 atom stereocenters. The number of halogens is 3. The molecule has 0 bridgehead atoms. The number of hydrogen-bond acceptors (Lipinski definition) is 4. The number of hydrogen-bond donors (Lipinski definition) is 0. The van der Waals surface area contributed by atoms with E-state index < -0.39 is 17.7 Å². The van der Waals surface area contributed by atoms with Crippen molar-refractivity contribution in [3.05, 3.63) is 88.8 Å². The van der Waals surface area contributed by atoms with Crippen LogP contribution in [0.25, 0.3) is 17.4 Å². The molecule has 0 amide bonds. The molecule has 2 heterocycles. The van der Waals surface area contributed by atoms with E-state index in [0.717, 1.165) is 24.1 Å². The summed E-state index contributed by atoms with van der Waals surface area (Å²) in [5.74, 6) is 0.0968. The van der Waals surface area contributed by atoms with Crippen molar-refractivity contribution in [2.45, 2.75) is 19.5 Å². The van der Waals surface area contributed by atoms with Crippen LogP contribution in [0.4, 0.5) is 13.2 Å². The van der Waals surface area contributed by atoms with Crippen LogP contribution >= 0.6 is 0 Å². The molecule has 4 rings (SSSR count). The van der Waals surface area contributed by atoms with Gasteiger partial charge in [0.2, 0.25) is 5.90 Å². The lowest BCUT2D eigenvalue weighted by Gasteiger charge is -2.07. The lowest BCUT2D eigenvalue weighted by atomic mass is 10.1. The second-order valence-electron chi connectivity index (χ2n) is 6.67. The first kappa shape index (κ1) is 19.7. The molecule has 0 spiro atoms. The van der Waals surface area contributed by atoms with Crippen LogP contribution in [0, 0.1) is 0 Å². The summed E-state index contributed by atoms with van der Waals surface area (Å²) in [7, 11) is 0. The predicted octanol–water partition coefficient (Wildman–Crippen LogP) is 5.87. The number of carbonyl (C=O) groups is 1. The molecule has 1 aliphatic heterocycles. The summed E-state index contributed by atoms with van der Waals surface area (Å²) >= 11 is 0. The molecule has 30 heavy (non-hydrogen) atoms. The van der Waals surface area contributed by atoms with Gasteiger partial charge in [-0.25, -0.2) is 9.79 Å². The summed E-state index contributed by atoms with van der Waals surface area (Å²) < 4.78 is 49.6. The van der Waals surface area contributed by atoms with Gasteiger partial charge in [-0.05, 0) is 48.4 Å². The SMILES string of the molecule is CCc1ccc(C2=N/C(=C/c3ccc(-c4cccc(C(F)(F)F)c4)o3)C(=O)O2)cc1. The molecular formula is C23H16F3NO3. The lowest BCUT2D eigenvalue weighted by molar-refractivity contribution is -0.137. The number of esters is 1. The smallest absolute Gasteiger partial charge is 0.416 e. The lowest BCUT2D eigenvalue weighted by Crippen LogP contribution is -2.05. The maximum absolute atomic E-state index is 12.9. The van der Waals surface area contributed by atoms with E-state index in [1.54, 1.807) is 6.07 Å². The Balaban J connectivity index is 1.59. The van der Waals surface area contributed by atoms with E-state index in [2.05, 4.69) is 4.99 Å². The molecule has 0 saturated heterocycles. The molecule has 152 valence electrons. The number of aryl methyl sites for hydroxylation is 1. The Hall–Kier alpha value is -3.61. The van der Waals surface area contributed by atoms with Gasteiger partial charge in [-0.1, -0.05) is 31.2 Å². The third kappa shape index (κ3) is 4.05. The van der Waals surface area contributed by atoms with Crippen LogP contribution < -0.4 is 0 Å². The van der Waals surface area contributed by atoms with Crippen LogP contribution in [-0.2, 0) is 22.1 Å². The fraction of sp³-hybridized carbons (Fsp3) is 0.130. The number of cyclic esters (lactones) is 1. The van der Waals surface area contributed by atoms with Crippen molar-refractivity contribution in [3.8, 4) is 11.3 Å². The van der Waals surface area contributed by atoms with Gasteiger partial charge in [-0.15, -0.1) is 0 Å². The third-order valence-electron chi connectivity index (χ3n) is 4.61. The molecule has 0 radical (unpaired) electrons. The Labute approximate surface area is 170 Å². The molecule has 1 aromatic heterocycles. The Bertz CT molecular complexity index is 1150.